The number of rotatable bonds is 7. The Morgan fingerprint density at radius 2 is 2.11 bits per heavy atom. The molecule has 2 rings (SSSR count). The highest BCUT2D eigenvalue weighted by atomic mass is 16.3. The first-order valence-corrected chi connectivity index (χ1v) is 6.52. The van der Waals surface area contributed by atoms with Crippen LogP contribution in [-0.2, 0) is 6.54 Å². The van der Waals surface area contributed by atoms with Gasteiger partial charge in [-0.1, -0.05) is 25.1 Å². The van der Waals surface area contributed by atoms with Gasteiger partial charge in [0, 0.05) is 0 Å². The molecule has 0 radical (unpaired) electrons. The van der Waals surface area contributed by atoms with E-state index in [-0.39, 0.29) is 6.10 Å². The molecule has 1 heterocycles. The molecular formula is C13H19N5O. The van der Waals surface area contributed by atoms with E-state index in [4.69, 9.17) is 0 Å². The molecule has 0 saturated carbocycles. The molecule has 0 fully saturated rings. The minimum Gasteiger partial charge on any atom is -0.393 e. The van der Waals surface area contributed by atoms with Gasteiger partial charge in [0.25, 0.3) is 0 Å². The Bertz CT molecular complexity index is 485. The lowest BCUT2D eigenvalue weighted by Crippen LogP contribution is -2.21. The van der Waals surface area contributed by atoms with Gasteiger partial charge in [-0.3, -0.25) is 0 Å². The van der Waals surface area contributed by atoms with E-state index in [9.17, 15) is 5.11 Å². The van der Waals surface area contributed by atoms with Crippen molar-refractivity contribution in [3.8, 4) is 5.69 Å². The number of aromatic nitrogens is 4. The Hall–Kier alpha value is -1.79. The molecule has 102 valence electrons. The quantitative estimate of drug-likeness (QED) is 0.725. The third-order valence-corrected chi connectivity index (χ3v) is 2.94. The highest BCUT2D eigenvalue weighted by molar-refractivity contribution is 5.30. The van der Waals surface area contributed by atoms with Crippen molar-refractivity contribution in [3.63, 3.8) is 0 Å². The van der Waals surface area contributed by atoms with Crippen LogP contribution in [0.3, 0.4) is 0 Å². The first-order chi connectivity index (χ1) is 9.31. The number of hydrogen-bond donors (Lipinski definition) is 2. The van der Waals surface area contributed by atoms with Crippen molar-refractivity contribution >= 4 is 0 Å². The molecule has 6 nitrogen and oxygen atoms in total. The molecule has 0 aliphatic carbocycles. The Morgan fingerprint density at radius 1 is 1.32 bits per heavy atom. The van der Waals surface area contributed by atoms with Crippen LogP contribution >= 0.6 is 0 Å². The normalized spacial score (nSPS) is 12.5. The summed E-state index contributed by atoms with van der Waals surface area (Å²) in [4.78, 5) is 0. The molecule has 1 unspecified atom stereocenters. The summed E-state index contributed by atoms with van der Waals surface area (Å²) in [6.07, 6.45) is 1.28. The maximum Gasteiger partial charge on any atom is 0.170 e. The molecule has 0 bridgehead atoms. The predicted molar refractivity (Wildman–Crippen MR) is 71.8 cm³/mol. The largest absolute Gasteiger partial charge is 0.393 e. The summed E-state index contributed by atoms with van der Waals surface area (Å²) in [5.41, 5.74) is 0.942. The van der Waals surface area contributed by atoms with Crippen molar-refractivity contribution in [2.75, 3.05) is 6.54 Å². The van der Waals surface area contributed by atoms with Gasteiger partial charge in [-0.15, -0.1) is 5.10 Å². The monoisotopic (exact) mass is 261 g/mol. The molecule has 1 atom stereocenters. The van der Waals surface area contributed by atoms with E-state index < -0.39 is 0 Å². The van der Waals surface area contributed by atoms with Crippen molar-refractivity contribution in [1.29, 1.82) is 0 Å². The van der Waals surface area contributed by atoms with Crippen molar-refractivity contribution in [2.24, 2.45) is 0 Å². The molecule has 0 spiro atoms. The van der Waals surface area contributed by atoms with Crippen LogP contribution in [-0.4, -0.2) is 38.0 Å². The lowest BCUT2D eigenvalue weighted by Gasteiger charge is -2.08. The molecule has 1 aromatic carbocycles. The summed E-state index contributed by atoms with van der Waals surface area (Å²) in [6, 6.07) is 9.77. The summed E-state index contributed by atoms with van der Waals surface area (Å²) in [7, 11) is 0. The van der Waals surface area contributed by atoms with E-state index in [1.54, 1.807) is 4.68 Å². The third kappa shape index (κ3) is 3.84. The lowest BCUT2D eigenvalue weighted by atomic mass is 10.2. The Balaban J connectivity index is 1.90. The maximum absolute atomic E-state index is 9.46. The maximum atomic E-state index is 9.46. The highest BCUT2D eigenvalue weighted by Gasteiger charge is 2.07. The van der Waals surface area contributed by atoms with E-state index >= 15 is 0 Å². The van der Waals surface area contributed by atoms with Crippen molar-refractivity contribution in [1.82, 2.24) is 25.5 Å². The van der Waals surface area contributed by atoms with Gasteiger partial charge in [0.05, 0.1) is 18.3 Å². The van der Waals surface area contributed by atoms with Gasteiger partial charge in [-0.2, -0.15) is 4.68 Å². The standard InChI is InChI=1S/C13H19N5O/c1-2-12(19)8-9-14-10-13-15-16-17-18(13)11-6-4-3-5-7-11/h3-7,12,14,19H,2,8-10H2,1H3. The second kappa shape index (κ2) is 6.96. The molecule has 0 amide bonds. The molecule has 0 aliphatic heterocycles. The topological polar surface area (TPSA) is 75.9 Å². The minimum atomic E-state index is -0.238. The van der Waals surface area contributed by atoms with E-state index in [1.165, 1.54) is 0 Å². The highest BCUT2D eigenvalue weighted by Crippen LogP contribution is 2.06. The fourth-order valence-electron chi connectivity index (χ4n) is 1.76. The number of benzene rings is 1. The van der Waals surface area contributed by atoms with Crippen molar-refractivity contribution in [2.45, 2.75) is 32.4 Å². The van der Waals surface area contributed by atoms with Crippen molar-refractivity contribution < 1.29 is 5.11 Å². The van der Waals surface area contributed by atoms with Crippen LogP contribution < -0.4 is 5.32 Å². The van der Waals surface area contributed by atoms with Crippen LogP contribution in [0, 0.1) is 0 Å². The van der Waals surface area contributed by atoms with Gasteiger partial charge in [-0.25, -0.2) is 0 Å². The number of aliphatic hydroxyl groups is 1. The van der Waals surface area contributed by atoms with Crippen LogP contribution in [0.1, 0.15) is 25.6 Å². The van der Waals surface area contributed by atoms with Crippen LogP contribution in [0.25, 0.3) is 5.69 Å². The minimum absolute atomic E-state index is 0.238. The first-order valence-electron chi connectivity index (χ1n) is 6.52. The molecule has 19 heavy (non-hydrogen) atoms. The number of nitrogens with one attached hydrogen (secondary N) is 1. The first kappa shape index (κ1) is 13.6. The fraction of sp³-hybridized carbons (Fsp3) is 0.462. The van der Waals surface area contributed by atoms with Crippen LogP contribution in [0.4, 0.5) is 0 Å². The van der Waals surface area contributed by atoms with Crippen LogP contribution in [0.15, 0.2) is 30.3 Å². The average Bonchev–Trinajstić information content (AvgIpc) is 2.92. The zero-order valence-electron chi connectivity index (χ0n) is 11.0. The molecular weight excluding hydrogens is 242 g/mol. The summed E-state index contributed by atoms with van der Waals surface area (Å²) >= 11 is 0. The molecule has 6 heteroatoms. The number of aliphatic hydroxyl groups excluding tert-OH is 1. The third-order valence-electron chi connectivity index (χ3n) is 2.94. The van der Waals surface area contributed by atoms with Gasteiger partial charge >= 0.3 is 0 Å². The second-order valence-corrected chi connectivity index (χ2v) is 4.37. The van der Waals surface area contributed by atoms with E-state index in [2.05, 4.69) is 20.8 Å². The zero-order chi connectivity index (χ0) is 13.5. The predicted octanol–water partition coefficient (Wildman–Crippen LogP) is 0.913. The van der Waals surface area contributed by atoms with E-state index in [0.717, 1.165) is 30.9 Å². The SMILES string of the molecule is CCC(O)CCNCc1nnnn1-c1ccccc1. The molecule has 1 aromatic heterocycles. The number of para-hydroxylation sites is 1. The van der Waals surface area contributed by atoms with E-state index in [0.29, 0.717) is 6.54 Å². The Kier molecular flexibility index (Phi) is 5.00. The summed E-state index contributed by atoms with van der Waals surface area (Å²) in [5.74, 6) is 0.761. The van der Waals surface area contributed by atoms with E-state index in [1.807, 2.05) is 37.3 Å². The zero-order valence-corrected chi connectivity index (χ0v) is 11.0. The lowest BCUT2D eigenvalue weighted by molar-refractivity contribution is 0.159. The molecule has 0 aliphatic rings. The fourth-order valence-corrected chi connectivity index (χ4v) is 1.76. The van der Waals surface area contributed by atoms with Crippen molar-refractivity contribution in [3.05, 3.63) is 36.2 Å². The molecule has 2 N–H and O–H groups in total. The number of hydrogen-bond acceptors (Lipinski definition) is 5. The van der Waals surface area contributed by atoms with Crippen LogP contribution in [0.5, 0.6) is 0 Å². The summed E-state index contributed by atoms with van der Waals surface area (Å²) < 4.78 is 1.71. The summed E-state index contributed by atoms with van der Waals surface area (Å²) in [6.45, 7) is 3.30. The van der Waals surface area contributed by atoms with Gasteiger partial charge in [0.1, 0.15) is 0 Å². The molecule has 2 aromatic rings. The van der Waals surface area contributed by atoms with Crippen LogP contribution in [0.2, 0.25) is 0 Å². The number of tetrazole rings is 1. The van der Waals surface area contributed by atoms with Gasteiger partial charge < -0.3 is 10.4 Å². The number of nitrogens with zero attached hydrogens (tertiary/aromatic N) is 4. The Morgan fingerprint density at radius 3 is 2.84 bits per heavy atom. The van der Waals surface area contributed by atoms with Gasteiger partial charge in [0.15, 0.2) is 5.82 Å². The van der Waals surface area contributed by atoms with Gasteiger partial charge in [0.2, 0.25) is 0 Å². The van der Waals surface area contributed by atoms with Gasteiger partial charge in [-0.05, 0) is 41.9 Å². The second-order valence-electron chi connectivity index (χ2n) is 4.37. The molecule has 0 saturated heterocycles. The Labute approximate surface area is 112 Å². The average molecular weight is 261 g/mol. The summed E-state index contributed by atoms with van der Waals surface area (Å²) in [5, 5.41) is 24.4. The smallest absolute Gasteiger partial charge is 0.170 e.